The Kier molecular flexibility index (Phi) is 7.13. The molecule has 2 aromatic carbocycles. The molecular formula is C25H28N4O3S. The van der Waals surface area contributed by atoms with Gasteiger partial charge in [0.1, 0.15) is 0 Å². The van der Waals surface area contributed by atoms with E-state index in [0.29, 0.717) is 27.7 Å². The quantitative estimate of drug-likeness (QED) is 0.436. The van der Waals surface area contributed by atoms with Crippen molar-refractivity contribution < 1.29 is 9.59 Å². The third kappa shape index (κ3) is 5.27. The highest BCUT2D eigenvalue weighted by molar-refractivity contribution is 7.99. The molecule has 0 spiro atoms. The lowest BCUT2D eigenvalue weighted by Crippen LogP contribution is -2.48. The van der Waals surface area contributed by atoms with Gasteiger partial charge in [0.25, 0.3) is 5.56 Å². The van der Waals surface area contributed by atoms with Gasteiger partial charge in [0.15, 0.2) is 5.16 Å². The van der Waals surface area contributed by atoms with Crippen LogP contribution in [0.3, 0.4) is 0 Å². The summed E-state index contributed by atoms with van der Waals surface area (Å²) in [6.07, 6.45) is 4.28. The predicted molar refractivity (Wildman–Crippen MR) is 131 cm³/mol. The van der Waals surface area contributed by atoms with Gasteiger partial charge < -0.3 is 5.32 Å². The van der Waals surface area contributed by atoms with Crippen LogP contribution >= 0.6 is 11.8 Å². The van der Waals surface area contributed by atoms with E-state index >= 15 is 0 Å². The molecule has 0 bridgehead atoms. The van der Waals surface area contributed by atoms with Gasteiger partial charge in [-0.2, -0.15) is 0 Å². The number of urea groups is 1. The highest BCUT2D eigenvalue weighted by Gasteiger charge is 2.23. The molecular weight excluding hydrogens is 436 g/mol. The fraction of sp³-hybridized carbons (Fsp3) is 0.360. The molecule has 1 fully saturated rings. The summed E-state index contributed by atoms with van der Waals surface area (Å²) in [6, 6.07) is 14.3. The number of carbonyl (C=O) groups is 2. The Balaban J connectivity index is 1.53. The summed E-state index contributed by atoms with van der Waals surface area (Å²) in [4.78, 5) is 42.8. The van der Waals surface area contributed by atoms with Crippen molar-refractivity contribution in [3.63, 3.8) is 0 Å². The van der Waals surface area contributed by atoms with Gasteiger partial charge >= 0.3 is 6.03 Å². The topological polar surface area (TPSA) is 93.1 Å². The first-order valence-corrected chi connectivity index (χ1v) is 12.2. The number of aryl methyl sites for hydroxylation is 1. The van der Waals surface area contributed by atoms with E-state index in [4.69, 9.17) is 0 Å². The van der Waals surface area contributed by atoms with Crippen molar-refractivity contribution in [1.29, 1.82) is 0 Å². The number of imide groups is 1. The van der Waals surface area contributed by atoms with Crippen LogP contribution in [0.25, 0.3) is 16.6 Å². The molecule has 3 aromatic rings. The van der Waals surface area contributed by atoms with Crippen molar-refractivity contribution >= 4 is 34.6 Å². The number of fused-ring (bicyclic) bond motifs is 1. The zero-order valence-electron chi connectivity index (χ0n) is 18.8. The summed E-state index contributed by atoms with van der Waals surface area (Å²) in [5.74, 6) is -0.0661. The Labute approximate surface area is 197 Å². The number of amides is 3. The number of para-hydroxylation sites is 2. The number of rotatable bonds is 5. The van der Waals surface area contributed by atoms with Crippen LogP contribution in [-0.4, -0.2) is 33.3 Å². The fourth-order valence-electron chi connectivity index (χ4n) is 4.26. The van der Waals surface area contributed by atoms with Crippen molar-refractivity contribution in [2.24, 2.45) is 5.92 Å². The van der Waals surface area contributed by atoms with Crippen molar-refractivity contribution in [3.8, 4) is 5.69 Å². The van der Waals surface area contributed by atoms with Crippen LogP contribution < -0.4 is 16.2 Å². The molecule has 33 heavy (non-hydrogen) atoms. The van der Waals surface area contributed by atoms with E-state index in [2.05, 4.69) is 22.5 Å². The second-order valence-corrected chi connectivity index (χ2v) is 9.46. The lowest BCUT2D eigenvalue weighted by atomic mass is 9.86. The summed E-state index contributed by atoms with van der Waals surface area (Å²) in [6.45, 7) is 4.05. The SMILES string of the molecule is Cc1ccccc1-n1c(SCC(=O)NC(=O)NC2CCCCC2C)nc2ccccc2c1=O. The lowest BCUT2D eigenvalue weighted by Gasteiger charge is -2.29. The van der Waals surface area contributed by atoms with E-state index in [1.165, 1.54) is 6.42 Å². The molecule has 0 aliphatic heterocycles. The Morgan fingerprint density at radius 2 is 1.82 bits per heavy atom. The van der Waals surface area contributed by atoms with Crippen molar-refractivity contribution in [3.05, 3.63) is 64.4 Å². The van der Waals surface area contributed by atoms with Gasteiger partial charge in [0.05, 0.1) is 22.3 Å². The average Bonchev–Trinajstić information content (AvgIpc) is 2.80. The van der Waals surface area contributed by atoms with Crippen LogP contribution in [0.4, 0.5) is 4.79 Å². The molecule has 2 N–H and O–H groups in total. The van der Waals surface area contributed by atoms with Gasteiger partial charge in [0, 0.05) is 6.04 Å². The highest BCUT2D eigenvalue weighted by atomic mass is 32.2. The number of nitrogens with zero attached hydrogens (tertiary/aromatic N) is 2. The number of carbonyl (C=O) groups excluding carboxylic acids is 2. The number of thioether (sulfide) groups is 1. The third-order valence-corrected chi connectivity index (χ3v) is 7.05. The Morgan fingerprint density at radius 1 is 1.09 bits per heavy atom. The van der Waals surface area contributed by atoms with Crippen LogP contribution in [0.15, 0.2) is 58.5 Å². The number of hydrogen-bond acceptors (Lipinski definition) is 5. The van der Waals surface area contributed by atoms with E-state index < -0.39 is 11.9 Å². The number of benzene rings is 2. The smallest absolute Gasteiger partial charge is 0.321 e. The standard InChI is InChI=1S/C25H28N4O3S/c1-16-9-3-6-12-19(16)26-24(32)28-22(30)15-33-25-27-20-13-7-5-11-18(20)23(31)29(25)21-14-8-4-10-17(21)2/h4-5,7-8,10-11,13-14,16,19H,3,6,9,12,15H2,1-2H3,(H2,26,28,30,32). The second kappa shape index (κ2) is 10.2. The van der Waals surface area contributed by atoms with E-state index in [1.54, 1.807) is 22.8 Å². The molecule has 1 heterocycles. The minimum atomic E-state index is -0.470. The minimum Gasteiger partial charge on any atom is -0.335 e. The maximum absolute atomic E-state index is 13.3. The molecule has 0 radical (unpaired) electrons. The second-order valence-electron chi connectivity index (χ2n) is 8.52. The molecule has 7 nitrogen and oxygen atoms in total. The molecule has 172 valence electrons. The van der Waals surface area contributed by atoms with Gasteiger partial charge in [-0.3, -0.25) is 19.5 Å². The van der Waals surface area contributed by atoms with Crippen LogP contribution in [-0.2, 0) is 4.79 Å². The van der Waals surface area contributed by atoms with Crippen LogP contribution in [0.5, 0.6) is 0 Å². The van der Waals surface area contributed by atoms with Gasteiger partial charge in [0.2, 0.25) is 5.91 Å². The Bertz CT molecular complexity index is 1240. The number of hydrogen-bond donors (Lipinski definition) is 2. The zero-order valence-corrected chi connectivity index (χ0v) is 19.7. The van der Waals surface area contributed by atoms with E-state index in [-0.39, 0.29) is 17.4 Å². The Hall–Kier alpha value is -3.13. The maximum Gasteiger partial charge on any atom is 0.321 e. The first kappa shape index (κ1) is 23.0. The summed E-state index contributed by atoms with van der Waals surface area (Å²) in [7, 11) is 0. The molecule has 1 saturated carbocycles. The number of nitrogens with one attached hydrogen (secondary N) is 2. The highest BCUT2D eigenvalue weighted by Crippen LogP contribution is 2.24. The van der Waals surface area contributed by atoms with E-state index in [0.717, 1.165) is 36.6 Å². The molecule has 1 aliphatic rings. The normalized spacial score (nSPS) is 18.1. The van der Waals surface area contributed by atoms with Crippen molar-refractivity contribution in [1.82, 2.24) is 20.2 Å². The summed E-state index contributed by atoms with van der Waals surface area (Å²) in [5, 5.41) is 6.26. The fourth-order valence-corrected chi connectivity index (χ4v) is 5.07. The van der Waals surface area contributed by atoms with Crippen molar-refractivity contribution in [2.75, 3.05) is 5.75 Å². The molecule has 2 atom stereocenters. The summed E-state index contributed by atoms with van der Waals surface area (Å²) in [5.41, 5.74) is 2.01. The molecule has 2 unspecified atom stereocenters. The van der Waals surface area contributed by atoms with E-state index in [9.17, 15) is 14.4 Å². The molecule has 1 aromatic heterocycles. The molecule has 1 aliphatic carbocycles. The van der Waals surface area contributed by atoms with Crippen LogP contribution in [0.2, 0.25) is 0 Å². The molecule has 4 rings (SSSR count). The summed E-state index contributed by atoms with van der Waals surface area (Å²) < 4.78 is 1.54. The minimum absolute atomic E-state index is 0.0374. The molecule has 8 heteroatoms. The number of aromatic nitrogens is 2. The molecule has 3 amide bonds. The zero-order chi connectivity index (χ0) is 23.4. The monoisotopic (exact) mass is 464 g/mol. The predicted octanol–water partition coefficient (Wildman–Crippen LogP) is 4.19. The van der Waals surface area contributed by atoms with Crippen LogP contribution in [0.1, 0.15) is 38.2 Å². The summed E-state index contributed by atoms with van der Waals surface area (Å²) >= 11 is 1.14. The van der Waals surface area contributed by atoms with Gasteiger partial charge in [-0.25, -0.2) is 9.78 Å². The lowest BCUT2D eigenvalue weighted by molar-refractivity contribution is -0.117. The Morgan fingerprint density at radius 3 is 2.61 bits per heavy atom. The van der Waals surface area contributed by atoms with Gasteiger partial charge in [-0.15, -0.1) is 0 Å². The molecule has 0 saturated heterocycles. The van der Waals surface area contributed by atoms with E-state index in [1.807, 2.05) is 37.3 Å². The average molecular weight is 465 g/mol. The maximum atomic E-state index is 13.3. The van der Waals surface area contributed by atoms with Crippen LogP contribution in [0, 0.1) is 12.8 Å². The van der Waals surface area contributed by atoms with Gasteiger partial charge in [-0.1, -0.05) is 61.9 Å². The first-order chi connectivity index (χ1) is 15.9. The van der Waals surface area contributed by atoms with Crippen molar-refractivity contribution in [2.45, 2.75) is 50.7 Å². The largest absolute Gasteiger partial charge is 0.335 e. The van der Waals surface area contributed by atoms with Gasteiger partial charge in [-0.05, 0) is 49.4 Å². The third-order valence-electron chi connectivity index (χ3n) is 6.11. The first-order valence-electron chi connectivity index (χ1n) is 11.2.